The van der Waals surface area contributed by atoms with Crippen LogP contribution in [0.1, 0.15) is 31.7 Å². The molecule has 0 radical (unpaired) electrons. The molecule has 5 heteroatoms. The molecule has 0 spiro atoms. The predicted molar refractivity (Wildman–Crippen MR) is 87.6 cm³/mol. The molecule has 2 unspecified atom stereocenters. The Morgan fingerprint density at radius 1 is 1.24 bits per heavy atom. The fourth-order valence-corrected chi connectivity index (χ4v) is 4.10. The monoisotopic (exact) mass is 311 g/mol. The second kappa shape index (κ2) is 7.80. The van der Waals surface area contributed by atoms with E-state index in [0.717, 1.165) is 17.4 Å². The summed E-state index contributed by atoms with van der Waals surface area (Å²) in [7, 11) is 3.10. The lowest BCUT2D eigenvalue weighted by molar-refractivity contribution is 0.338. The molecule has 0 saturated heterocycles. The third-order valence-corrected chi connectivity index (χ3v) is 5.27. The van der Waals surface area contributed by atoms with Crippen LogP contribution in [0.5, 0.6) is 17.2 Å². The molecule has 0 bridgehead atoms. The third kappa shape index (κ3) is 3.98. The summed E-state index contributed by atoms with van der Waals surface area (Å²) in [5.41, 5.74) is 1.06. The lowest BCUT2D eigenvalue weighted by Crippen LogP contribution is -2.33. The summed E-state index contributed by atoms with van der Waals surface area (Å²) in [5, 5.41) is 14.3. The summed E-state index contributed by atoms with van der Waals surface area (Å²) in [6.07, 6.45) is 3.85. The van der Waals surface area contributed by atoms with E-state index in [1.54, 1.807) is 14.2 Å². The van der Waals surface area contributed by atoms with E-state index in [1.807, 2.05) is 23.9 Å². The number of hydrogen-bond acceptors (Lipinski definition) is 5. The molecule has 1 aliphatic rings. The molecule has 2 rings (SSSR count). The van der Waals surface area contributed by atoms with Gasteiger partial charge in [-0.25, -0.2) is 0 Å². The van der Waals surface area contributed by atoms with Crippen LogP contribution >= 0.6 is 11.8 Å². The van der Waals surface area contributed by atoms with Gasteiger partial charge in [0, 0.05) is 17.8 Å². The second-order valence-electron chi connectivity index (χ2n) is 5.26. The number of phenolic OH excluding ortho intramolecular Hbond substituents is 1. The number of methoxy groups -OCH3 is 2. The molecule has 1 saturated carbocycles. The predicted octanol–water partition coefficient (Wildman–Crippen LogP) is 3.17. The molecule has 1 fully saturated rings. The van der Waals surface area contributed by atoms with Crippen LogP contribution in [0.3, 0.4) is 0 Å². The highest BCUT2D eigenvalue weighted by Crippen LogP contribution is 2.37. The number of thioether (sulfide) groups is 1. The zero-order valence-electron chi connectivity index (χ0n) is 13.0. The van der Waals surface area contributed by atoms with Crippen molar-refractivity contribution < 1.29 is 14.6 Å². The first-order valence-electron chi connectivity index (χ1n) is 7.48. The highest BCUT2D eigenvalue weighted by Gasteiger charge is 2.26. The van der Waals surface area contributed by atoms with Crippen molar-refractivity contribution in [2.24, 2.45) is 0 Å². The van der Waals surface area contributed by atoms with Gasteiger partial charge in [0.05, 0.1) is 14.2 Å². The van der Waals surface area contributed by atoms with E-state index < -0.39 is 0 Å². The minimum absolute atomic E-state index is 0.0593. The molecule has 0 aliphatic heterocycles. The zero-order chi connectivity index (χ0) is 15.2. The first kappa shape index (κ1) is 16.3. The molecular formula is C16H25NO3S. The minimum atomic E-state index is 0.0593. The zero-order valence-corrected chi connectivity index (χ0v) is 13.8. The number of aromatic hydroxyl groups is 1. The molecule has 21 heavy (non-hydrogen) atoms. The Hall–Kier alpha value is -1.07. The maximum absolute atomic E-state index is 9.93. The van der Waals surface area contributed by atoms with Gasteiger partial charge < -0.3 is 19.9 Å². The highest BCUT2D eigenvalue weighted by molar-refractivity contribution is 7.99. The van der Waals surface area contributed by atoms with E-state index in [9.17, 15) is 5.11 Å². The maximum Gasteiger partial charge on any atom is 0.200 e. The van der Waals surface area contributed by atoms with Crippen molar-refractivity contribution in [3.63, 3.8) is 0 Å². The normalized spacial score (nSPS) is 21.5. The molecule has 2 atom stereocenters. The third-order valence-electron chi connectivity index (χ3n) is 3.94. The van der Waals surface area contributed by atoms with E-state index in [1.165, 1.54) is 25.0 Å². The van der Waals surface area contributed by atoms with Gasteiger partial charge in [0.15, 0.2) is 11.5 Å². The number of hydrogen-bond donors (Lipinski definition) is 2. The summed E-state index contributed by atoms with van der Waals surface area (Å²) in [4.78, 5) is 0. The van der Waals surface area contributed by atoms with E-state index >= 15 is 0 Å². The standard InChI is InChI=1S/C16H25NO3S/c1-4-21-15-7-5-6-12(15)17-10-11-8-13(19-2)16(18)14(9-11)20-3/h8-9,12,15,17-18H,4-7,10H2,1-3H3. The van der Waals surface area contributed by atoms with Crippen molar-refractivity contribution in [3.05, 3.63) is 17.7 Å². The Morgan fingerprint density at radius 2 is 1.90 bits per heavy atom. The molecule has 0 amide bonds. The van der Waals surface area contributed by atoms with E-state index in [2.05, 4.69) is 12.2 Å². The molecule has 0 aromatic heterocycles. The van der Waals surface area contributed by atoms with Crippen LogP contribution in [0.25, 0.3) is 0 Å². The largest absolute Gasteiger partial charge is 0.502 e. The molecule has 1 aliphatic carbocycles. The molecule has 1 aromatic rings. The summed E-state index contributed by atoms with van der Waals surface area (Å²) in [6, 6.07) is 4.30. The average Bonchev–Trinajstić information content (AvgIpc) is 2.94. The van der Waals surface area contributed by atoms with Gasteiger partial charge in [-0.2, -0.15) is 11.8 Å². The van der Waals surface area contributed by atoms with Gasteiger partial charge in [0.1, 0.15) is 0 Å². The summed E-state index contributed by atoms with van der Waals surface area (Å²) in [6.45, 7) is 2.98. The average molecular weight is 311 g/mol. The fraction of sp³-hybridized carbons (Fsp3) is 0.625. The van der Waals surface area contributed by atoms with Crippen molar-refractivity contribution in [2.45, 2.75) is 44.0 Å². The highest BCUT2D eigenvalue weighted by atomic mass is 32.2. The first-order valence-corrected chi connectivity index (χ1v) is 8.53. The van der Waals surface area contributed by atoms with Crippen LogP contribution in [0.15, 0.2) is 12.1 Å². The minimum Gasteiger partial charge on any atom is -0.502 e. The first-order chi connectivity index (χ1) is 10.2. The van der Waals surface area contributed by atoms with Crippen LogP contribution in [0.4, 0.5) is 0 Å². The molecular weight excluding hydrogens is 286 g/mol. The number of nitrogens with one attached hydrogen (secondary N) is 1. The molecule has 118 valence electrons. The molecule has 2 N–H and O–H groups in total. The van der Waals surface area contributed by atoms with Gasteiger partial charge in [-0.3, -0.25) is 0 Å². The molecule has 1 aromatic carbocycles. The van der Waals surface area contributed by atoms with Crippen LogP contribution in [0, 0.1) is 0 Å². The summed E-state index contributed by atoms with van der Waals surface area (Å²) >= 11 is 2.05. The van der Waals surface area contributed by atoms with Crippen LogP contribution < -0.4 is 14.8 Å². The van der Waals surface area contributed by atoms with E-state index in [-0.39, 0.29) is 5.75 Å². The maximum atomic E-state index is 9.93. The lowest BCUT2D eigenvalue weighted by atomic mass is 10.1. The van der Waals surface area contributed by atoms with Gasteiger partial charge in [-0.15, -0.1) is 0 Å². The quantitative estimate of drug-likeness (QED) is 0.810. The van der Waals surface area contributed by atoms with Gasteiger partial charge >= 0.3 is 0 Å². The van der Waals surface area contributed by atoms with Crippen LogP contribution in [-0.2, 0) is 6.54 Å². The Kier molecular flexibility index (Phi) is 6.06. The van der Waals surface area contributed by atoms with Crippen molar-refractivity contribution in [2.75, 3.05) is 20.0 Å². The van der Waals surface area contributed by atoms with E-state index in [0.29, 0.717) is 17.5 Å². The molecule has 4 nitrogen and oxygen atoms in total. The number of ether oxygens (including phenoxy) is 2. The van der Waals surface area contributed by atoms with Crippen molar-refractivity contribution in [3.8, 4) is 17.2 Å². The van der Waals surface area contributed by atoms with Crippen LogP contribution in [0.2, 0.25) is 0 Å². The van der Waals surface area contributed by atoms with Gasteiger partial charge in [0.25, 0.3) is 0 Å². The molecule has 0 heterocycles. The Balaban J connectivity index is 2.02. The van der Waals surface area contributed by atoms with E-state index in [4.69, 9.17) is 9.47 Å². The Labute approximate surface area is 131 Å². The van der Waals surface area contributed by atoms with Crippen molar-refractivity contribution >= 4 is 11.8 Å². The lowest BCUT2D eigenvalue weighted by Gasteiger charge is -2.20. The number of benzene rings is 1. The summed E-state index contributed by atoms with van der Waals surface area (Å²) in [5.74, 6) is 2.14. The van der Waals surface area contributed by atoms with Gasteiger partial charge in [-0.05, 0) is 36.3 Å². The Bertz CT molecular complexity index is 442. The number of phenols is 1. The van der Waals surface area contributed by atoms with Gasteiger partial charge in [0.2, 0.25) is 5.75 Å². The fourth-order valence-electron chi connectivity index (χ4n) is 2.87. The summed E-state index contributed by atoms with van der Waals surface area (Å²) < 4.78 is 10.4. The van der Waals surface area contributed by atoms with Gasteiger partial charge in [-0.1, -0.05) is 13.3 Å². The second-order valence-corrected chi connectivity index (χ2v) is 6.78. The van der Waals surface area contributed by atoms with Crippen LogP contribution in [-0.4, -0.2) is 36.4 Å². The SMILES string of the molecule is CCSC1CCCC1NCc1cc(OC)c(O)c(OC)c1. The van der Waals surface area contributed by atoms with Crippen molar-refractivity contribution in [1.82, 2.24) is 5.32 Å². The topological polar surface area (TPSA) is 50.7 Å². The smallest absolute Gasteiger partial charge is 0.200 e. The van der Waals surface area contributed by atoms with Crippen molar-refractivity contribution in [1.29, 1.82) is 0 Å². The Morgan fingerprint density at radius 3 is 2.48 bits per heavy atom. The number of rotatable bonds is 7.